The molecule has 0 bridgehead atoms. The van der Waals surface area contributed by atoms with Crippen molar-refractivity contribution in [1.29, 1.82) is 0 Å². The maximum absolute atomic E-state index is 12.9. The highest BCUT2D eigenvalue weighted by atomic mass is 32.2. The quantitative estimate of drug-likeness (QED) is 0.786. The van der Waals surface area contributed by atoms with E-state index in [0.29, 0.717) is 5.69 Å². The number of methoxy groups -OCH3 is 1. The fraction of sp³-hybridized carbons (Fsp3) is 0.312. The number of sulfonamides is 1. The van der Waals surface area contributed by atoms with Crippen molar-refractivity contribution in [3.63, 3.8) is 0 Å². The second-order valence-electron chi connectivity index (χ2n) is 5.17. The van der Waals surface area contributed by atoms with Crippen molar-refractivity contribution in [3.8, 4) is 0 Å². The molecule has 0 radical (unpaired) electrons. The number of carbonyl (C=O) groups excluding carboxylic acids is 1. The highest BCUT2D eigenvalue weighted by Gasteiger charge is 2.24. The molecule has 2 aromatic rings. The normalized spacial score (nSPS) is 11.6. The van der Waals surface area contributed by atoms with Crippen LogP contribution in [0.5, 0.6) is 0 Å². The van der Waals surface area contributed by atoms with E-state index in [1.807, 2.05) is 0 Å². The van der Waals surface area contributed by atoms with Crippen LogP contribution in [-0.4, -0.2) is 38.9 Å². The van der Waals surface area contributed by atoms with E-state index in [4.69, 9.17) is 9.15 Å². The van der Waals surface area contributed by atoms with Crippen molar-refractivity contribution in [2.24, 2.45) is 0 Å². The number of hydrogen-bond donors (Lipinski definition) is 1. The molecule has 0 unspecified atom stereocenters. The molecule has 0 fully saturated rings. The lowest BCUT2D eigenvalue weighted by atomic mass is 10.3. The zero-order valence-corrected chi connectivity index (χ0v) is 14.4. The number of furan rings is 1. The van der Waals surface area contributed by atoms with Crippen LogP contribution in [0.2, 0.25) is 0 Å². The van der Waals surface area contributed by atoms with Crippen molar-refractivity contribution in [3.05, 3.63) is 48.4 Å². The van der Waals surface area contributed by atoms with Gasteiger partial charge in [-0.25, -0.2) is 8.42 Å². The van der Waals surface area contributed by atoms with E-state index in [9.17, 15) is 13.2 Å². The molecule has 8 heteroatoms. The summed E-state index contributed by atoms with van der Waals surface area (Å²) in [6.07, 6.45) is 3.01. The van der Waals surface area contributed by atoms with E-state index in [-0.39, 0.29) is 30.5 Å². The molecule has 2 rings (SSSR count). The lowest BCUT2D eigenvalue weighted by molar-refractivity contribution is -0.114. The largest absolute Gasteiger partial charge is 0.472 e. The van der Waals surface area contributed by atoms with E-state index >= 15 is 0 Å². The number of nitrogens with one attached hydrogen (secondary N) is 1. The SMILES string of the molecule is COCCN(Cc1ccoc1)S(=O)(=O)c1ccc(NC(C)=O)cc1. The van der Waals surface area contributed by atoms with E-state index in [1.165, 1.54) is 43.0 Å². The number of amides is 1. The molecule has 1 N–H and O–H groups in total. The monoisotopic (exact) mass is 352 g/mol. The third-order valence-corrected chi connectivity index (χ3v) is 5.16. The third-order valence-electron chi connectivity index (χ3n) is 3.30. The topological polar surface area (TPSA) is 88.8 Å². The van der Waals surface area contributed by atoms with Crippen LogP contribution in [0.25, 0.3) is 0 Å². The van der Waals surface area contributed by atoms with Crippen molar-refractivity contribution in [1.82, 2.24) is 4.31 Å². The number of ether oxygens (including phenoxy) is 1. The minimum atomic E-state index is -3.70. The average molecular weight is 352 g/mol. The second-order valence-corrected chi connectivity index (χ2v) is 7.11. The Morgan fingerprint density at radius 1 is 1.25 bits per heavy atom. The molecule has 1 amide bonds. The molecule has 0 aliphatic heterocycles. The van der Waals surface area contributed by atoms with Gasteiger partial charge in [0.2, 0.25) is 15.9 Å². The summed E-state index contributed by atoms with van der Waals surface area (Å²) in [5.74, 6) is -0.215. The number of benzene rings is 1. The van der Waals surface area contributed by atoms with Gasteiger partial charge >= 0.3 is 0 Å². The van der Waals surface area contributed by atoms with Gasteiger partial charge in [0.1, 0.15) is 0 Å². The third kappa shape index (κ3) is 4.67. The van der Waals surface area contributed by atoms with Crippen LogP contribution in [-0.2, 0) is 26.1 Å². The summed E-state index contributed by atoms with van der Waals surface area (Å²) < 4.78 is 37.0. The van der Waals surface area contributed by atoms with E-state index in [0.717, 1.165) is 5.56 Å². The molecule has 7 nitrogen and oxygen atoms in total. The summed E-state index contributed by atoms with van der Waals surface area (Å²) in [4.78, 5) is 11.2. The van der Waals surface area contributed by atoms with Crippen molar-refractivity contribution >= 4 is 21.6 Å². The average Bonchev–Trinajstić information content (AvgIpc) is 3.04. The Morgan fingerprint density at radius 2 is 1.96 bits per heavy atom. The minimum Gasteiger partial charge on any atom is -0.472 e. The first kappa shape index (κ1) is 18.2. The van der Waals surface area contributed by atoms with Gasteiger partial charge in [0.15, 0.2) is 0 Å². The van der Waals surface area contributed by atoms with E-state index in [2.05, 4.69) is 5.32 Å². The van der Waals surface area contributed by atoms with Crippen LogP contribution >= 0.6 is 0 Å². The Kier molecular flexibility index (Phi) is 6.13. The summed E-state index contributed by atoms with van der Waals surface area (Å²) in [7, 11) is -2.18. The van der Waals surface area contributed by atoms with Crippen molar-refractivity contribution in [2.45, 2.75) is 18.4 Å². The van der Waals surface area contributed by atoms with Crippen molar-refractivity contribution in [2.75, 3.05) is 25.6 Å². The first-order chi connectivity index (χ1) is 11.4. The molecule has 24 heavy (non-hydrogen) atoms. The highest BCUT2D eigenvalue weighted by molar-refractivity contribution is 7.89. The molecule has 0 spiro atoms. The van der Waals surface area contributed by atoms with Gasteiger partial charge in [0.25, 0.3) is 0 Å². The molecule has 1 aromatic heterocycles. The first-order valence-electron chi connectivity index (χ1n) is 7.31. The Bertz CT molecular complexity index is 754. The number of anilines is 1. The van der Waals surface area contributed by atoms with E-state index in [1.54, 1.807) is 18.2 Å². The predicted octanol–water partition coefficient (Wildman–Crippen LogP) is 2.08. The molecular weight excluding hydrogens is 332 g/mol. The zero-order valence-electron chi connectivity index (χ0n) is 13.6. The Labute approximate surface area is 141 Å². The van der Waals surface area contributed by atoms with E-state index < -0.39 is 10.0 Å². The van der Waals surface area contributed by atoms with Crippen LogP contribution in [0.4, 0.5) is 5.69 Å². The number of rotatable bonds is 8. The van der Waals surface area contributed by atoms with Gasteiger partial charge in [-0.05, 0) is 30.3 Å². The Morgan fingerprint density at radius 3 is 2.50 bits per heavy atom. The molecule has 0 saturated heterocycles. The first-order valence-corrected chi connectivity index (χ1v) is 8.75. The van der Waals surface area contributed by atoms with Crippen LogP contribution in [0.15, 0.2) is 52.2 Å². The van der Waals surface area contributed by atoms with Gasteiger partial charge in [-0.15, -0.1) is 0 Å². The summed E-state index contributed by atoms with van der Waals surface area (Å²) >= 11 is 0. The molecule has 0 saturated carbocycles. The molecule has 130 valence electrons. The van der Waals surface area contributed by atoms with Gasteiger partial charge in [-0.2, -0.15) is 4.31 Å². The van der Waals surface area contributed by atoms with Crippen LogP contribution in [0, 0.1) is 0 Å². The maximum atomic E-state index is 12.9. The summed E-state index contributed by atoms with van der Waals surface area (Å²) in [6, 6.07) is 7.77. The summed E-state index contributed by atoms with van der Waals surface area (Å²) in [5.41, 5.74) is 1.30. The second kappa shape index (κ2) is 8.09. The molecule has 0 atom stereocenters. The number of nitrogens with zero attached hydrogens (tertiary/aromatic N) is 1. The maximum Gasteiger partial charge on any atom is 0.243 e. The lowest BCUT2D eigenvalue weighted by Gasteiger charge is -2.21. The zero-order chi connectivity index (χ0) is 17.6. The van der Waals surface area contributed by atoms with Crippen LogP contribution in [0.3, 0.4) is 0 Å². The van der Waals surface area contributed by atoms with Gasteiger partial charge < -0.3 is 14.5 Å². The molecule has 1 aromatic carbocycles. The molecule has 0 aliphatic rings. The highest BCUT2D eigenvalue weighted by Crippen LogP contribution is 2.20. The minimum absolute atomic E-state index is 0.149. The smallest absolute Gasteiger partial charge is 0.243 e. The van der Waals surface area contributed by atoms with Crippen LogP contribution < -0.4 is 5.32 Å². The van der Waals surface area contributed by atoms with Gasteiger partial charge in [-0.3, -0.25) is 4.79 Å². The fourth-order valence-corrected chi connectivity index (χ4v) is 3.54. The van der Waals surface area contributed by atoms with Gasteiger partial charge in [0, 0.05) is 38.4 Å². The fourth-order valence-electron chi connectivity index (χ4n) is 2.13. The van der Waals surface area contributed by atoms with Crippen LogP contribution in [0.1, 0.15) is 12.5 Å². The summed E-state index contributed by atoms with van der Waals surface area (Å²) in [5, 5.41) is 2.60. The van der Waals surface area contributed by atoms with Gasteiger partial charge in [0.05, 0.1) is 24.0 Å². The Balaban J connectivity index is 2.23. The Hall–Kier alpha value is -2.16. The molecular formula is C16H20N2O5S. The number of carbonyl (C=O) groups is 1. The van der Waals surface area contributed by atoms with Gasteiger partial charge in [-0.1, -0.05) is 0 Å². The number of hydrogen-bond acceptors (Lipinski definition) is 5. The van der Waals surface area contributed by atoms with Crippen molar-refractivity contribution < 1.29 is 22.4 Å². The molecule has 0 aliphatic carbocycles. The predicted molar refractivity (Wildman–Crippen MR) is 88.9 cm³/mol. The molecule has 1 heterocycles. The summed E-state index contributed by atoms with van der Waals surface area (Å²) in [6.45, 7) is 2.08. The lowest BCUT2D eigenvalue weighted by Crippen LogP contribution is -2.33. The standard InChI is InChI=1S/C16H20N2O5S/c1-13(19)17-15-3-5-16(6-4-15)24(20,21)18(8-10-22-2)11-14-7-9-23-12-14/h3-7,9,12H,8,10-11H2,1-2H3,(H,17,19).